The number of pyridine rings is 1. The fourth-order valence-electron chi connectivity index (χ4n) is 2.74. The van der Waals surface area contributed by atoms with Crippen LogP contribution >= 0.6 is 0 Å². The highest BCUT2D eigenvalue weighted by molar-refractivity contribution is 5.50. The molecule has 2 rings (SSSR count). The molecule has 0 aromatic carbocycles. The Morgan fingerprint density at radius 3 is 2.56 bits per heavy atom. The van der Waals surface area contributed by atoms with Crippen molar-refractivity contribution in [2.45, 2.75) is 46.6 Å². The number of hydrogen-bond acceptors (Lipinski definition) is 2. The molecule has 0 atom stereocenters. The van der Waals surface area contributed by atoms with Crippen LogP contribution in [0.3, 0.4) is 0 Å². The Bertz CT molecular complexity index is 532. The van der Waals surface area contributed by atoms with Crippen LogP contribution in [-0.4, -0.2) is 14.9 Å². The summed E-state index contributed by atoms with van der Waals surface area (Å²) in [6.45, 7) is 11.3. The summed E-state index contributed by atoms with van der Waals surface area (Å²) >= 11 is 0. The van der Waals surface area contributed by atoms with Gasteiger partial charge in [0.2, 0.25) is 0 Å². The van der Waals surface area contributed by atoms with Gasteiger partial charge < -0.3 is 5.32 Å². The summed E-state index contributed by atoms with van der Waals surface area (Å²) in [4.78, 5) is 4.40. The molecule has 0 radical (unpaired) electrons. The number of imidazole rings is 1. The molecule has 0 saturated heterocycles. The number of hydrogen-bond donors (Lipinski definition) is 1. The number of nitrogens with one attached hydrogen (secondary N) is 1. The molecule has 0 aliphatic rings. The Balaban J connectivity index is 2.23. The summed E-state index contributed by atoms with van der Waals surface area (Å²) in [6, 6.07) is 6.05. The highest BCUT2D eigenvalue weighted by Crippen LogP contribution is 2.29. The molecule has 3 heteroatoms. The van der Waals surface area contributed by atoms with Crippen LogP contribution in [0.1, 0.15) is 41.0 Å². The summed E-state index contributed by atoms with van der Waals surface area (Å²) in [5, 5.41) is 3.60. The Hall–Kier alpha value is -1.51. The quantitative estimate of drug-likeness (QED) is 0.886. The van der Waals surface area contributed by atoms with Crippen LogP contribution in [0.4, 0.5) is 5.82 Å². The van der Waals surface area contributed by atoms with E-state index in [1.54, 1.807) is 0 Å². The van der Waals surface area contributed by atoms with Gasteiger partial charge in [-0.2, -0.15) is 0 Å². The molecule has 0 saturated carbocycles. The third kappa shape index (κ3) is 3.03. The lowest BCUT2D eigenvalue weighted by Crippen LogP contribution is -2.35. The van der Waals surface area contributed by atoms with E-state index in [2.05, 4.69) is 49.3 Å². The number of aromatic nitrogens is 2. The van der Waals surface area contributed by atoms with E-state index in [9.17, 15) is 0 Å². The van der Waals surface area contributed by atoms with Gasteiger partial charge in [-0.15, -0.1) is 0 Å². The Kier molecular flexibility index (Phi) is 3.09. The highest BCUT2D eigenvalue weighted by atomic mass is 15.1. The van der Waals surface area contributed by atoms with E-state index in [1.807, 2.05) is 30.6 Å². The summed E-state index contributed by atoms with van der Waals surface area (Å²) in [7, 11) is 0. The lowest BCUT2D eigenvalue weighted by molar-refractivity contribution is 0.302. The third-order valence-electron chi connectivity index (χ3n) is 2.86. The minimum absolute atomic E-state index is 0.0457. The zero-order chi connectivity index (χ0) is 13.4. The SMILES string of the molecule is CC(C)(C)CC(C)(C)Nc1cnc2ccccn12. The van der Waals surface area contributed by atoms with Crippen molar-refractivity contribution in [2.75, 3.05) is 5.32 Å². The second-order valence-corrected chi connectivity index (χ2v) is 6.82. The van der Waals surface area contributed by atoms with Gasteiger partial charge in [0.15, 0.2) is 0 Å². The normalized spacial score (nSPS) is 12.9. The number of nitrogens with zero attached hydrogens (tertiary/aromatic N) is 2. The van der Waals surface area contributed by atoms with Crippen LogP contribution in [-0.2, 0) is 0 Å². The lowest BCUT2D eigenvalue weighted by atomic mass is 9.82. The average molecular weight is 245 g/mol. The molecule has 0 bridgehead atoms. The fourth-order valence-corrected chi connectivity index (χ4v) is 2.74. The van der Waals surface area contributed by atoms with Crippen LogP contribution in [0.25, 0.3) is 5.65 Å². The van der Waals surface area contributed by atoms with Crippen molar-refractivity contribution in [3.8, 4) is 0 Å². The Labute approximate surface area is 109 Å². The maximum Gasteiger partial charge on any atom is 0.138 e. The molecule has 0 unspecified atom stereocenters. The van der Waals surface area contributed by atoms with Crippen molar-refractivity contribution in [3.63, 3.8) is 0 Å². The smallest absolute Gasteiger partial charge is 0.138 e. The van der Waals surface area contributed by atoms with Crippen LogP contribution < -0.4 is 5.32 Å². The van der Waals surface area contributed by atoms with Gasteiger partial charge >= 0.3 is 0 Å². The monoisotopic (exact) mass is 245 g/mol. The molecule has 1 N–H and O–H groups in total. The summed E-state index contributed by atoms with van der Waals surface area (Å²) in [5.74, 6) is 1.06. The maximum absolute atomic E-state index is 4.40. The second-order valence-electron chi connectivity index (χ2n) is 6.82. The van der Waals surface area contributed by atoms with Gasteiger partial charge in [-0.25, -0.2) is 4.98 Å². The summed E-state index contributed by atoms with van der Waals surface area (Å²) in [5.41, 5.74) is 1.33. The van der Waals surface area contributed by atoms with Crippen LogP contribution in [0.5, 0.6) is 0 Å². The van der Waals surface area contributed by atoms with Crippen molar-refractivity contribution in [1.82, 2.24) is 9.38 Å². The molecule has 3 nitrogen and oxygen atoms in total. The molecule has 2 heterocycles. The van der Waals surface area contributed by atoms with E-state index in [1.165, 1.54) is 0 Å². The first kappa shape index (κ1) is 12.9. The van der Waals surface area contributed by atoms with Crippen molar-refractivity contribution >= 4 is 11.5 Å². The van der Waals surface area contributed by atoms with Crippen LogP contribution in [0, 0.1) is 5.41 Å². The molecule has 2 aromatic rings. The first-order chi connectivity index (χ1) is 8.27. The van der Waals surface area contributed by atoms with Crippen molar-refractivity contribution in [2.24, 2.45) is 5.41 Å². The molecule has 18 heavy (non-hydrogen) atoms. The predicted octanol–water partition coefficient (Wildman–Crippen LogP) is 3.96. The molecule has 0 spiro atoms. The van der Waals surface area contributed by atoms with Gasteiger partial charge in [0.05, 0.1) is 6.20 Å². The minimum Gasteiger partial charge on any atom is -0.365 e. The second kappa shape index (κ2) is 4.30. The molecule has 0 amide bonds. The maximum atomic E-state index is 4.40. The molecule has 2 aromatic heterocycles. The first-order valence-electron chi connectivity index (χ1n) is 6.47. The molecule has 0 fully saturated rings. The molecule has 0 aliphatic heterocycles. The number of fused-ring (bicyclic) bond motifs is 1. The van der Waals surface area contributed by atoms with Gasteiger partial charge in [-0.05, 0) is 37.8 Å². The van der Waals surface area contributed by atoms with E-state index in [0.717, 1.165) is 17.9 Å². The van der Waals surface area contributed by atoms with E-state index in [-0.39, 0.29) is 5.54 Å². The molecular weight excluding hydrogens is 222 g/mol. The number of anilines is 1. The topological polar surface area (TPSA) is 29.3 Å². The average Bonchev–Trinajstić information content (AvgIpc) is 2.57. The van der Waals surface area contributed by atoms with Gasteiger partial charge in [-0.1, -0.05) is 26.8 Å². The Morgan fingerprint density at radius 2 is 1.89 bits per heavy atom. The third-order valence-corrected chi connectivity index (χ3v) is 2.86. The standard InChI is InChI=1S/C15H23N3/c1-14(2,3)11-15(4,5)17-13-10-16-12-8-6-7-9-18(12)13/h6-10,17H,11H2,1-5H3. The van der Waals surface area contributed by atoms with Gasteiger partial charge in [0.25, 0.3) is 0 Å². The van der Waals surface area contributed by atoms with Gasteiger partial charge in [-0.3, -0.25) is 4.40 Å². The van der Waals surface area contributed by atoms with E-state index >= 15 is 0 Å². The summed E-state index contributed by atoms with van der Waals surface area (Å²) in [6.07, 6.45) is 5.04. The zero-order valence-corrected chi connectivity index (χ0v) is 12.0. The van der Waals surface area contributed by atoms with Crippen molar-refractivity contribution in [1.29, 1.82) is 0 Å². The van der Waals surface area contributed by atoms with Gasteiger partial charge in [0.1, 0.15) is 11.5 Å². The molecular formula is C15H23N3. The fraction of sp³-hybridized carbons (Fsp3) is 0.533. The van der Waals surface area contributed by atoms with Crippen LogP contribution in [0.2, 0.25) is 0 Å². The van der Waals surface area contributed by atoms with E-state index < -0.39 is 0 Å². The van der Waals surface area contributed by atoms with Crippen molar-refractivity contribution in [3.05, 3.63) is 30.6 Å². The largest absolute Gasteiger partial charge is 0.365 e. The molecule has 0 aliphatic carbocycles. The van der Waals surface area contributed by atoms with E-state index in [0.29, 0.717) is 5.41 Å². The van der Waals surface area contributed by atoms with Gasteiger partial charge in [0, 0.05) is 11.7 Å². The first-order valence-corrected chi connectivity index (χ1v) is 6.47. The van der Waals surface area contributed by atoms with Crippen molar-refractivity contribution < 1.29 is 0 Å². The highest BCUT2D eigenvalue weighted by Gasteiger charge is 2.26. The zero-order valence-electron chi connectivity index (χ0n) is 12.0. The lowest BCUT2D eigenvalue weighted by Gasteiger charge is -2.33. The van der Waals surface area contributed by atoms with Crippen LogP contribution in [0.15, 0.2) is 30.6 Å². The van der Waals surface area contributed by atoms with E-state index in [4.69, 9.17) is 0 Å². The predicted molar refractivity (Wildman–Crippen MR) is 77.0 cm³/mol. The Morgan fingerprint density at radius 1 is 1.17 bits per heavy atom. The number of rotatable bonds is 3. The summed E-state index contributed by atoms with van der Waals surface area (Å²) < 4.78 is 2.09. The molecule has 98 valence electrons. The minimum atomic E-state index is 0.0457.